The summed E-state index contributed by atoms with van der Waals surface area (Å²) < 4.78 is 0. The second kappa shape index (κ2) is 7.03. The van der Waals surface area contributed by atoms with Crippen LogP contribution in [-0.2, 0) is 9.59 Å². The molecule has 0 bridgehead atoms. The summed E-state index contributed by atoms with van der Waals surface area (Å²) >= 11 is 0. The first-order valence-corrected chi connectivity index (χ1v) is 9.18. The number of carboxylic acid groups (broad SMARTS) is 1. The SMILES string of the molecule is CC1C(=O)N(CCC(O)C(=O)N2CCC3(CC3)C(O)C2)CCN1C(=O)O. The maximum absolute atomic E-state index is 12.4. The lowest BCUT2D eigenvalue weighted by atomic mass is 9.90. The van der Waals surface area contributed by atoms with Gasteiger partial charge in [0.25, 0.3) is 5.91 Å². The van der Waals surface area contributed by atoms with E-state index in [-0.39, 0.29) is 43.9 Å². The van der Waals surface area contributed by atoms with Crippen molar-refractivity contribution in [2.45, 2.75) is 50.9 Å². The number of piperidine rings is 1. The number of aliphatic hydroxyl groups is 2. The zero-order chi connectivity index (χ0) is 19.1. The van der Waals surface area contributed by atoms with Gasteiger partial charge in [0.2, 0.25) is 5.91 Å². The molecule has 3 fully saturated rings. The number of hydrogen-bond acceptors (Lipinski definition) is 5. The van der Waals surface area contributed by atoms with E-state index in [0.29, 0.717) is 6.54 Å². The van der Waals surface area contributed by atoms with Crippen molar-refractivity contribution < 1.29 is 29.7 Å². The van der Waals surface area contributed by atoms with Gasteiger partial charge in [0.15, 0.2) is 0 Å². The summed E-state index contributed by atoms with van der Waals surface area (Å²) in [5, 5.41) is 29.5. The van der Waals surface area contributed by atoms with Crippen LogP contribution in [0.5, 0.6) is 0 Å². The first kappa shape index (κ1) is 18.9. The Hall–Kier alpha value is -1.87. The van der Waals surface area contributed by atoms with Gasteiger partial charge in [0, 0.05) is 32.7 Å². The second-order valence-electron chi connectivity index (χ2n) is 7.69. The lowest BCUT2D eigenvalue weighted by Gasteiger charge is -2.39. The predicted octanol–water partition coefficient (Wildman–Crippen LogP) is -0.678. The molecule has 3 rings (SSSR count). The van der Waals surface area contributed by atoms with E-state index in [9.17, 15) is 24.6 Å². The molecule has 3 amide bonds. The molecule has 3 unspecified atom stereocenters. The zero-order valence-corrected chi connectivity index (χ0v) is 15.0. The van der Waals surface area contributed by atoms with Crippen molar-refractivity contribution in [3.05, 3.63) is 0 Å². The number of carbonyl (C=O) groups excluding carboxylic acids is 2. The van der Waals surface area contributed by atoms with Gasteiger partial charge in [-0.05, 0) is 38.0 Å². The van der Waals surface area contributed by atoms with Crippen molar-refractivity contribution in [2.75, 3.05) is 32.7 Å². The smallest absolute Gasteiger partial charge is 0.408 e. The summed E-state index contributed by atoms with van der Waals surface area (Å²) in [5.74, 6) is -0.730. The fourth-order valence-electron chi connectivity index (χ4n) is 3.99. The van der Waals surface area contributed by atoms with Crippen molar-refractivity contribution in [2.24, 2.45) is 5.41 Å². The third-order valence-electron chi connectivity index (χ3n) is 6.13. The minimum atomic E-state index is -1.23. The number of likely N-dealkylation sites (tertiary alicyclic amines) is 1. The molecular weight excluding hydrogens is 342 g/mol. The zero-order valence-electron chi connectivity index (χ0n) is 15.0. The van der Waals surface area contributed by atoms with Gasteiger partial charge in [0.05, 0.1) is 6.10 Å². The quantitative estimate of drug-likeness (QED) is 0.604. The van der Waals surface area contributed by atoms with E-state index in [2.05, 4.69) is 0 Å². The molecule has 2 saturated heterocycles. The molecule has 1 saturated carbocycles. The van der Waals surface area contributed by atoms with Gasteiger partial charge in [0.1, 0.15) is 12.1 Å². The second-order valence-corrected chi connectivity index (χ2v) is 7.69. The molecule has 146 valence electrons. The number of aliphatic hydroxyl groups excluding tert-OH is 2. The third kappa shape index (κ3) is 3.50. The number of hydrogen-bond donors (Lipinski definition) is 3. The molecule has 0 aromatic heterocycles. The predicted molar refractivity (Wildman–Crippen MR) is 90.3 cm³/mol. The molecule has 0 aromatic rings. The van der Waals surface area contributed by atoms with Crippen LogP contribution in [0.4, 0.5) is 4.79 Å². The maximum atomic E-state index is 12.4. The fraction of sp³-hybridized carbons (Fsp3) is 0.824. The van der Waals surface area contributed by atoms with Crippen molar-refractivity contribution in [1.29, 1.82) is 0 Å². The fourth-order valence-corrected chi connectivity index (χ4v) is 3.99. The average molecular weight is 369 g/mol. The van der Waals surface area contributed by atoms with Crippen LogP contribution in [0, 0.1) is 5.41 Å². The Morgan fingerprint density at radius 2 is 1.92 bits per heavy atom. The topological polar surface area (TPSA) is 122 Å². The monoisotopic (exact) mass is 369 g/mol. The van der Waals surface area contributed by atoms with Crippen LogP contribution in [0.25, 0.3) is 0 Å². The van der Waals surface area contributed by atoms with Gasteiger partial charge < -0.3 is 25.1 Å². The van der Waals surface area contributed by atoms with Crippen LogP contribution in [-0.4, -0.2) is 98.9 Å². The van der Waals surface area contributed by atoms with E-state index in [1.165, 1.54) is 16.7 Å². The van der Waals surface area contributed by atoms with Gasteiger partial charge in [-0.25, -0.2) is 4.79 Å². The Balaban J connectivity index is 1.48. The Morgan fingerprint density at radius 1 is 1.23 bits per heavy atom. The van der Waals surface area contributed by atoms with Gasteiger partial charge in [-0.3, -0.25) is 14.5 Å². The Bertz CT molecular complexity index is 593. The molecule has 9 nitrogen and oxygen atoms in total. The number of piperazine rings is 1. The maximum Gasteiger partial charge on any atom is 0.408 e. The first-order chi connectivity index (χ1) is 12.2. The van der Waals surface area contributed by atoms with Crippen molar-refractivity contribution in [3.63, 3.8) is 0 Å². The van der Waals surface area contributed by atoms with Gasteiger partial charge in [-0.15, -0.1) is 0 Å². The van der Waals surface area contributed by atoms with E-state index < -0.39 is 30.3 Å². The third-order valence-corrected chi connectivity index (χ3v) is 6.13. The first-order valence-electron chi connectivity index (χ1n) is 9.18. The Kier molecular flexibility index (Phi) is 5.12. The largest absolute Gasteiger partial charge is 0.465 e. The summed E-state index contributed by atoms with van der Waals surface area (Å²) in [6, 6.07) is -0.763. The molecule has 2 heterocycles. The number of rotatable bonds is 4. The van der Waals surface area contributed by atoms with Crippen LogP contribution in [0.15, 0.2) is 0 Å². The molecular formula is C17H27N3O6. The minimum Gasteiger partial charge on any atom is -0.465 e. The van der Waals surface area contributed by atoms with Gasteiger partial charge in [-0.2, -0.15) is 0 Å². The molecule has 1 spiro atoms. The Labute approximate surface area is 152 Å². The van der Waals surface area contributed by atoms with E-state index in [1.54, 1.807) is 0 Å². The molecule has 3 aliphatic rings. The normalized spacial score (nSPS) is 29.0. The standard InChI is InChI=1S/C17H27N3O6/c1-11-14(23)18(8-9-20(11)16(25)26)6-2-12(21)15(24)19-7-5-17(3-4-17)13(22)10-19/h11-13,21-22H,2-10H2,1H3,(H,25,26). The summed E-state index contributed by atoms with van der Waals surface area (Å²) in [5.41, 5.74) is -0.00585. The van der Waals surface area contributed by atoms with Crippen molar-refractivity contribution >= 4 is 17.9 Å². The Morgan fingerprint density at radius 3 is 2.50 bits per heavy atom. The lowest BCUT2D eigenvalue weighted by Crippen LogP contribution is -2.57. The van der Waals surface area contributed by atoms with Crippen LogP contribution in [0.2, 0.25) is 0 Å². The molecule has 0 radical (unpaired) electrons. The van der Waals surface area contributed by atoms with E-state index in [0.717, 1.165) is 24.2 Å². The van der Waals surface area contributed by atoms with Crippen LogP contribution >= 0.6 is 0 Å². The number of nitrogens with zero attached hydrogens (tertiary/aromatic N) is 3. The van der Waals surface area contributed by atoms with Crippen molar-refractivity contribution in [3.8, 4) is 0 Å². The summed E-state index contributed by atoms with van der Waals surface area (Å²) in [7, 11) is 0. The molecule has 0 aromatic carbocycles. The molecule has 3 N–H and O–H groups in total. The van der Waals surface area contributed by atoms with Crippen LogP contribution < -0.4 is 0 Å². The summed E-state index contributed by atoms with van der Waals surface area (Å²) in [4.78, 5) is 39.8. The van der Waals surface area contributed by atoms with Crippen molar-refractivity contribution in [1.82, 2.24) is 14.7 Å². The van der Waals surface area contributed by atoms with E-state index in [1.807, 2.05) is 0 Å². The van der Waals surface area contributed by atoms with E-state index in [4.69, 9.17) is 5.11 Å². The van der Waals surface area contributed by atoms with Crippen LogP contribution in [0.3, 0.4) is 0 Å². The molecule has 9 heteroatoms. The molecule has 1 aliphatic carbocycles. The lowest BCUT2D eigenvalue weighted by molar-refractivity contribution is -0.147. The van der Waals surface area contributed by atoms with Crippen LogP contribution in [0.1, 0.15) is 32.6 Å². The highest BCUT2D eigenvalue weighted by Crippen LogP contribution is 2.53. The van der Waals surface area contributed by atoms with Gasteiger partial charge in [-0.1, -0.05) is 0 Å². The molecule has 26 heavy (non-hydrogen) atoms. The highest BCUT2D eigenvalue weighted by Gasteiger charge is 2.52. The molecule has 2 aliphatic heterocycles. The average Bonchev–Trinajstić information content (AvgIpc) is 3.38. The van der Waals surface area contributed by atoms with E-state index >= 15 is 0 Å². The number of carbonyl (C=O) groups is 3. The number of amides is 3. The highest BCUT2D eigenvalue weighted by molar-refractivity contribution is 5.86. The number of β-amino-alcohol motifs (C(OH)–C–C–N with tert-alkyl or cyclic N) is 1. The summed E-state index contributed by atoms with van der Waals surface area (Å²) in [6.45, 7) is 2.99. The highest BCUT2D eigenvalue weighted by atomic mass is 16.4. The summed E-state index contributed by atoms with van der Waals surface area (Å²) in [6.07, 6.45) is -0.0160. The van der Waals surface area contributed by atoms with Gasteiger partial charge >= 0.3 is 6.09 Å². The molecule has 3 atom stereocenters. The minimum absolute atomic E-state index is 0.00585.